The molecule has 0 nitrogen and oxygen atoms in total. The molecule has 2 aliphatic rings. The van der Waals surface area contributed by atoms with E-state index in [1.807, 2.05) is 0 Å². The number of hydrogen-bond donors (Lipinski definition) is 0. The maximum Gasteiger partial charge on any atom is -0.00880 e. The van der Waals surface area contributed by atoms with E-state index >= 15 is 0 Å². The minimum absolute atomic E-state index is 1.10. The predicted molar refractivity (Wildman–Crippen MR) is 39.1 cm³/mol. The van der Waals surface area contributed by atoms with Crippen LogP contribution in [0.4, 0.5) is 0 Å². The van der Waals surface area contributed by atoms with Crippen LogP contribution in [0.3, 0.4) is 0 Å². The normalized spacial score (nSPS) is 22.0. The van der Waals surface area contributed by atoms with Crippen LogP contribution in [-0.4, -0.2) is 0 Å². The summed E-state index contributed by atoms with van der Waals surface area (Å²) in [5, 5.41) is 0. The van der Waals surface area contributed by atoms with E-state index in [0.717, 1.165) is 6.42 Å². The number of allylic oxidation sites excluding steroid dienone is 7. The summed E-state index contributed by atoms with van der Waals surface area (Å²) < 4.78 is 0. The van der Waals surface area contributed by atoms with E-state index in [2.05, 4.69) is 30.9 Å². The van der Waals surface area contributed by atoms with Crippen molar-refractivity contribution in [3.05, 3.63) is 47.6 Å². The Balaban J connectivity index is 2.39. The second kappa shape index (κ2) is 1.47. The highest BCUT2D eigenvalue weighted by atomic mass is 14.2. The summed E-state index contributed by atoms with van der Waals surface area (Å²) in [6.07, 6.45) is 9.63. The van der Waals surface area contributed by atoms with Gasteiger partial charge in [-0.3, -0.25) is 0 Å². The first-order valence-electron chi connectivity index (χ1n) is 3.15. The second-order valence-corrected chi connectivity index (χ2v) is 2.40. The monoisotopic (exact) mass is 116 g/mol. The van der Waals surface area contributed by atoms with Crippen LogP contribution >= 0.6 is 0 Å². The summed E-state index contributed by atoms with van der Waals surface area (Å²) in [7, 11) is 0. The minimum Gasteiger partial charge on any atom is -0.0912 e. The lowest BCUT2D eigenvalue weighted by Crippen LogP contribution is -2.00. The smallest absolute Gasteiger partial charge is 0.00880 e. The molecular weight excluding hydrogens is 108 g/mol. The van der Waals surface area contributed by atoms with Gasteiger partial charge in [0.25, 0.3) is 0 Å². The van der Waals surface area contributed by atoms with E-state index in [-0.39, 0.29) is 0 Å². The molecule has 0 atom stereocenters. The van der Waals surface area contributed by atoms with Gasteiger partial charge >= 0.3 is 0 Å². The largest absolute Gasteiger partial charge is 0.0912 e. The molecule has 0 amide bonds. The van der Waals surface area contributed by atoms with E-state index < -0.39 is 0 Å². The third-order valence-corrected chi connectivity index (χ3v) is 1.80. The van der Waals surface area contributed by atoms with E-state index in [1.54, 1.807) is 0 Å². The Kier molecular flexibility index (Phi) is 0.786. The van der Waals surface area contributed by atoms with Crippen LogP contribution in [0.5, 0.6) is 0 Å². The van der Waals surface area contributed by atoms with E-state index in [0.29, 0.717) is 0 Å². The highest BCUT2D eigenvalue weighted by Crippen LogP contribution is 2.31. The second-order valence-electron chi connectivity index (χ2n) is 2.40. The molecule has 0 heterocycles. The molecule has 2 rings (SSSR count). The summed E-state index contributed by atoms with van der Waals surface area (Å²) in [6.45, 7) is 3.90. The van der Waals surface area contributed by atoms with Crippen molar-refractivity contribution in [2.24, 2.45) is 0 Å². The maximum absolute atomic E-state index is 3.90. The first-order valence-corrected chi connectivity index (χ1v) is 3.15. The molecule has 0 aromatic carbocycles. The summed E-state index contributed by atoms with van der Waals surface area (Å²) in [5.41, 5.74) is 3.97. The van der Waals surface area contributed by atoms with Crippen LogP contribution in [0.1, 0.15) is 6.42 Å². The standard InChI is InChI=1S/C9H8/c1-7-3-2-4-8-5-6-9(7)8/h2-3,5-6H,1,4H2. The molecular formula is C9H8. The number of hydrogen-bond acceptors (Lipinski definition) is 0. The highest BCUT2D eigenvalue weighted by Gasteiger charge is 2.12. The SMILES string of the molecule is C=C1C=CCC2=C1C=C2. The molecule has 0 aromatic rings. The Bertz CT molecular complexity index is 249. The van der Waals surface area contributed by atoms with Crippen molar-refractivity contribution in [2.75, 3.05) is 0 Å². The van der Waals surface area contributed by atoms with Gasteiger partial charge in [-0.05, 0) is 23.1 Å². The fraction of sp³-hybridized carbons (Fsp3) is 0.111. The van der Waals surface area contributed by atoms with Crippen molar-refractivity contribution < 1.29 is 0 Å². The van der Waals surface area contributed by atoms with Gasteiger partial charge in [-0.1, -0.05) is 30.9 Å². The van der Waals surface area contributed by atoms with Gasteiger partial charge in [-0.25, -0.2) is 0 Å². The summed E-state index contributed by atoms with van der Waals surface area (Å²) >= 11 is 0. The van der Waals surface area contributed by atoms with Crippen LogP contribution < -0.4 is 0 Å². The lowest BCUT2D eigenvalue weighted by atomic mass is 9.86. The van der Waals surface area contributed by atoms with Gasteiger partial charge < -0.3 is 0 Å². The Hall–Kier alpha value is -1.04. The molecule has 0 aliphatic heterocycles. The quantitative estimate of drug-likeness (QED) is 0.455. The summed E-state index contributed by atoms with van der Waals surface area (Å²) in [5.74, 6) is 0. The Labute approximate surface area is 54.9 Å². The fourth-order valence-electron chi connectivity index (χ4n) is 1.19. The average molecular weight is 116 g/mol. The van der Waals surface area contributed by atoms with Crippen molar-refractivity contribution in [1.29, 1.82) is 0 Å². The lowest BCUT2D eigenvalue weighted by Gasteiger charge is -2.19. The zero-order valence-electron chi connectivity index (χ0n) is 5.22. The fourth-order valence-corrected chi connectivity index (χ4v) is 1.19. The molecule has 0 heteroatoms. The number of rotatable bonds is 0. The third-order valence-electron chi connectivity index (χ3n) is 1.80. The minimum atomic E-state index is 1.10. The zero-order valence-corrected chi connectivity index (χ0v) is 5.22. The van der Waals surface area contributed by atoms with Crippen molar-refractivity contribution in [1.82, 2.24) is 0 Å². The van der Waals surface area contributed by atoms with Gasteiger partial charge in [0.15, 0.2) is 0 Å². The summed E-state index contributed by atoms with van der Waals surface area (Å²) in [4.78, 5) is 0. The topological polar surface area (TPSA) is 0 Å². The van der Waals surface area contributed by atoms with Crippen LogP contribution in [0.25, 0.3) is 0 Å². The van der Waals surface area contributed by atoms with Crippen LogP contribution in [0.2, 0.25) is 0 Å². The summed E-state index contributed by atoms with van der Waals surface area (Å²) in [6, 6.07) is 0. The molecule has 0 radical (unpaired) electrons. The van der Waals surface area contributed by atoms with Gasteiger partial charge in [-0.2, -0.15) is 0 Å². The molecule has 0 fully saturated rings. The van der Waals surface area contributed by atoms with E-state index in [1.165, 1.54) is 16.7 Å². The third kappa shape index (κ3) is 0.531. The first-order chi connectivity index (χ1) is 4.38. The van der Waals surface area contributed by atoms with E-state index in [4.69, 9.17) is 0 Å². The molecule has 0 N–H and O–H groups in total. The van der Waals surface area contributed by atoms with Crippen molar-refractivity contribution in [3.8, 4) is 0 Å². The molecule has 0 saturated heterocycles. The van der Waals surface area contributed by atoms with Gasteiger partial charge in [-0.15, -0.1) is 0 Å². The van der Waals surface area contributed by atoms with Crippen molar-refractivity contribution in [3.63, 3.8) is 0 Å². The Morgan fingerprint density at radius 3 is 2.56 bits per heavy atom. The highest BCUT2D eigenvalue weighted by molar-refractivity contribution is 5.61. The molecule has 0 saturated carbocycles. The van der Waals surface area contributed by atoms with Crippen LogP contribution in [-0.2, 0) is 0 Å². The van der Waals surface area contributed by atoms with Gasteiger partial charge in [0, 0.05) is 0 Å². The molecule has 0 aromatic heterocycles. The van der Waals surface area contributed by atoms with Crippen molar-refractivity contribution >= 4 is 0 Å². The van der Waals surface area contributed by atoms with Gasteiger partial charge in [0.05, 0.1) is 0 Å². The average Bonchev–Trinajstić information content (AvgIpc) is 1.74. The molecule has 0 bridgehead atoms. The molecule has 9 heavy (non-hydrogen) atoms. The van der Waals surface area contributed by atoms with Gasteiger partial charge in [0.1, 0.15) is 0 Å². The molecule has 2 aliphatic carbocycles. The molecule has 0 spiro atoms. The zero-order chi connectivity index (χ0) is 6.27. The molecule has 44 valence electrons. The van der Waals surface area contributed by atoms with E-state index in [9.17, 15) is 0 Å². The Morgan fingerprint density at radius 2 is 2.11 bits per heavy atom. The molecule has 0 unspecified atom stereocenters. The van der Waals surface area contributed by atoms with Crippen molar-refractivity contribution in [2.45, 2.75) is 6.42 Å². The lowest BCUT2D eigenvalue weighted by molar-refractivity contribution is 1.17. The maximum atomic E-state index is 3.90. The van der Waals surface area contributed by atoms with Crippen LogP contribution in [0.15, 0.2) is 47.6 Å². The van der Waals surface area contributed by atoms with Gasteiger partial charge in [0.2, 0.25) is 0 Å². The Morgan fingerprint density at radius 1 is 1.22 bits per heavy atom. The first kappa shape index (κ1) is 4.80. The van der Waals surface area contributed by atoms with Crippen LogP contribution in [0, 0.1) is 0 Å². The predicted octanol–water partition coefficient (Wildman–Crippen LogP) is 2.37.